The zero-order valence-corrected chi connectivity index (χ0v) is 10.7. The molecule has 0 atom stereocenters. The second-order valence-electron chi connectivity index (χ2n) is 4.59. The molecule has 0 radical (unpaired) electrons. The van der Waals surface area contributed by atoms with Crippen LogP contribution in [0.3, 0.4) is 0 Å². The Kier molecular flexibility index (Phi) is 2.88. The molecule has 18 heavy (non-hydrogen) atoms. The number of aromatic hydroxyl groups is 1. The number of fused-ring (bicyclic) bond motifs is 1. The lowest BCUT2D eigenvalue weighted by molar-refractivity contribution is 0.475. The van der Waals surface area contributed by atoms with Crippen LogP contribution in [-0.4, -0.2) is 11.7 Å². The molecule has 0 fully saturated rings. The molecule has 0 bridgehead atoms. The molecule has 2 aromatic rings. The fourth-order valence-electron chi connectivity index (χ4n) is 2.44. The minimum Gasteiger partial charge on any atom is -0.506 e. The summed E-state index contributed by atoms with van der Waals surface area (Å²) >= 11 is 5.93. The SMILES string of the molecule is Oc1ccc(CN2CCc3ccccc32)cc1Cl. The molecule has 0 aromatic heterocycles. The van der Waals surface area contributed by atoms with Gasteiger partial charge in [-0.2, -0.15) is 0 Å². The van der Waals surface area contributed by atoms with Gasteiger partial charge in [-0.25, -0.2) is 0 Å². The lowest BCUT2D eigenvalue weighted by Gasteiger charge is -2.19. The lowest BCUT2D eigenvalue weighted by Crippen LogP contribution is -2.19. The molecule has 0 unspecified atom stereocenters. The Labute approximate surface area is 111 Å². The standard InChI is InChI=1S/C15H14ClNO/c16-13-9-11(5-6-15(13)18)10-17-8-7-12-3-1-2-4-14(12)17/h1-6,9,18H,7-8,10H2. The predicted octanol–water partition coefficient (Wildman–Crippen LogP) is 3.61. The largest absolute Gasteiger partial charge is 0.506 e. The van der Waals surface area contributed by atoms with Crippen LogP contribution in [0.25, 0.3) is 0 Å². The van der Waals surface area contributed by atoms with E-state index in [0.717, 1.165) is 25.1 Å². The number of benzene rings is 2. The first-order chi connectivity index (χ1) is 8.74. The van der Waals surface area contributed by atoms with Crippen molar-refractivity contribution in [3.63, 3.8) is 0 Å². The number of nitrogens with zero attached hydrogens (tertiary/aromatic N) is 1. The van der Waals surface area contributed by atoms with Crippen LogP contribution in [0.2, 0.25) is 5.02 Å². The van der Waals surface area contributed by atoms with E-state index in [-0.39, 0.29) is 5.75 Å². The van der Waals surface area contributed by atoms with E-state index in [4.69, 9.17) is 11.6 Å². The summed E-state index contributed by atoms with van der Waals surface area (Å²) in [6.07, 6.45) is 1.10. The number of hydrogen-bond donors (Lipinski definition) is 1. The summed E-state index contributed by atoms with van der Waals surface area (Å²) in [6.45, 7) is 1.87. The highest BCUT2D eigenvalue weighted by Crippen LogP contribution is 2.30. The zero-order chi connectivity index (χ0) is 12.5. The monoisotopic (exact) mass is 259 g/mol. The quantitative estimate of drug-likeness (QED) is 0.891. The van der Waals surface area contributed by atoms with E-state index in [2.05, 4.69) is 29.2 Å². The predicted molar refractivity (Wildman–Crippen MR) is 74.3 cm³/mol. The zero-order valence-electron chi connectivity index (χ0n) is 9.94. The first-order valence-corrected chi connectivity index (χ1v) is 6.42. The molecule has 1 heterocycles. The third-order valence-corrected chi connectivity index (χ3v) is 3.67. The van der Waals surface area contributed by atoms with Crippen LogP contribution in [0.5, 0.6) is 5.75 Å². The van der Waals surface area contributed by atoms with Crippen molar-refractivity contribution in [1.29, 1.82) is 0 Å². The van der Waals surface area contributed by atoms with E-state index in [1.807, 2.05) is 12.1 Å². The number of phenolic OH excluding ortho intramolecular Hbond substituents is 1. The summed E-state index contributed by atoms with van der Waals surface area (Å²) in [6, 6.07) is 13.9. The van der Waals surface area contributed by atoms with Crippen molar-refractivity contribution in [1.82, 2.24) is 0 Å². The summed E-state index contributed by atoms with van der Waals surface area (Å²) in [5.41, 5.74) is 3.83. The molecule has 1 N–H and O–H groups in total. The molecule has 0 saturated heterocycles. The van der Waals surface area contributed by atoms with Gasteiger partial charge in [0.15, 0.2) is 0 Å². The van der Waals surface area contributed by atoms with E-state index in [1.54, 1.807) is 6.07 Å². The van der Waals surface area contributed by atoms with Crippen LogP contribution in [0.1, 0.15) is 11.1 Å². The first-order valence-electron chi connectivity index (χ1n) is 6.04. The average Bonchev–Trinajstić information content (AvgIpc) is 2.78. The number of hydrogen-bond acceptors (Lipinski definition) is 2. The van der Waals surface area contributed by atoms with Gasteiger partial charge in [0.25, 0.3) is 0 Å². The maximum atomic E-state index is 9.42. The minimum atomic E-state index is 0.141. The maximum Gasteiger partial charge on any atom is 0.134 e. The molecule has 0 amide bonds. The van der Waals surface area contributed by atoms with Crippen molar-refractivity contribution in [3.8, 4) is 5.75 Å². The maximum absolute atomic E-state index is 9.42. The van der Waals surface area contributed by atoms with Gasteiger partial charge in [0.2, 0.25) is 0 Å². The molecule has 2 aromatic carbocycles. The second kappa shape index (κ2) is 4.54. The molecule has 92 valence electrons. The molecule has 0 spiro atoms. The van der Waals surface area contributed by atoms with Gasteiger partial charge in [-0.15, -0.1) is 0 Å². The van der Waals surface area contributed by atoms with Crippen LogP contribution in [0.4, 0.5) is 5.69 Å². The Morgan fingerprint density at radius 2 is 2.00 bits per heavy atom. The Hall–Kier alpha value is -1.67. The molecule has 0 aliphatic carbocycles. The van der Waals surface area contributed by atoms with E-state index in [1.165, 1.54) is 11.3 Å². The van der Waals surface area contributed by atoms with Gasteiger partial charge < -0.3 is 10.0 Å². The highest BCUT2D eigenvalue weighted by molar-refractivity contribution is 6.32. The molecule has 2 nitrogen and oxygen atoms in total. The van der Waals surface area contributed by atoms with Gasteiger partial charge >= 0.3 is 0 Å². The van der Waals surface area contributed by atoms with Crippen LogP contribution in [-0.2, 0) is 13.0 Å². The normalized spacial score (nSPS) is 13.7. The van der Waals surface area contributed by atoms with Crippen molar-refractivity contribution < 1.29 is 5.11 Å². The van der Waals surface area contributed by atoms with Crippen molar-refractivity contribution >= 4 is 17.3 Å². The van der Waals surface area contributed by atoms with E-state index in [0.29, 0.717) is 5.02 Å². The topological polar surface area (TPSA) is 23.5 Å². The second-order valence-corrected chi connectivity index (χ2v) is 4.99. The van der Waals surface area contributed by atoms with Crippen LogP contribution in [0.15, 0.2) is 42.5 Å². The molecular formula is C15H14ClNO. The molecule has 1 aliphatic heterocycles. The lowest BCUT2D eigenvalue weighted by atomic mass is 10.1. The van der Waals surface area contributed by atoms with Gasteiger partial charge in [0.05, 0.1) is 5.02 Å². The third kappa shape index (κ3) is 2.04. The fraction of sp³-hybridized carbons (Fsp3) is 0.200. The van der Waals surface area contributed by atoms with Gasteiger partial charge in [-0.3, -0.25) is 0 Å². The van der Waals surface area contributed by atoms with E-state index < -0.39 is 0 Å². The minimum absolute atomic E-state index is 0.141. The molecule has 3 rings (SSSR count). The van der Waals surface area contributed by atoms with Gasteiger partial charge in [-0.05, 0) is 35.7 Å². The van der Waals surface area contributed by atoms with Crippen LogP contribution >= 0.6 is 11.6 Å². The average molecular weight is 260 g/mol. The van der Waals surface area contributed by atoms with Crippen molar-refractivity contribution in [3.05, 3.63) is 58.6 Å². The smallest absolute Gasteiger partial charge is 0.134 e. The Balaban J connectivity index is 1.84. The summed E-state index contributed by atoms with van der Waals surface area (Å²) in [5, 5.41) is 9.83. The molecule has 1 aliphatic rings. The summed E-state index contributed by atoms with van der Waals surface area (Å²) < 4.78 is 0. The molecule has 3 heteroatoms. The van der Waals surface area contributed by atoms with E-state index >= 15 is 0 Å². The van der Waals surface area contributed by atoms with Gasteiger partial charge in [0, 0.05) is 18.8 Å². The molecular weight excluding hydrogens is 246 g/mol. The third-order valence-electron chi connectivity index (χ3n) is 3.37. The van der Waals surface area contributed by atoms with Crippen molar-refractivity contribution in [2.45, 2.75) is 13.0 Å². The summed E-state index contributed by atoms with van der Waals surface area (Å²) in [7, 11) is 0. The number of para-hydroxylation sites is 1. The Morgan fingerprint density at radius 3 is 2.83 bits per heavy atom. The number of halogens is 1. The summed E-state index contributed by atoms with van der Waals surface area (Å²) in [4.78, 5) is 2.35. The van der Waals surface area contributed by atoms with Crippen molar-refractivity contribution in [2.75, 3.05) is 11.4 Å². The summed E-state index contributed by atoms with van der Waals surface area (Å²) in [5.74, 6) is 0.141. The van der Waals surface area contributed by atoms with E-state index in [9.17, 15) is 5.11 Å². The van der Waals surface area contributed by atoms with Gasteiger partial charge in [0.1, 0.15) is 5.75 Å². The van der Waals surface area contributed by atoms with Crippen LogP contribution in [0, 0.1) is 0 Å². The Morgan fingerprint density at radius 1 is 1.17 bits per heavy atom. The number of anilines is 1. The first kappa shape index (κ1) is 11.4. The number of phenols is 1. The van der Waals surface area contributed by atoms with Crippen LogP contribution < -0.4 is 4.90 Å². The number of rotatable bonds is 2. The highest BCUT2D eigenvalue weighted by atomic mass is 35.5. The van der Waals surface area contributed by atoms with Crippen molar-refractivity contribution in [2.24, 2.45) is 0 Å². The highest BCUT2D eigenvalue weighted by Gasteiger charge is 2.18. The Bertz CT molecular complexity index is 582. The van der Waals surface area contributed by atoms with Gasteiger partial charge in [-0.1, -0.05) is 35.9 Å². The molecule has 0 saturated carbocycles. The fourth-order valence-corrected chi connectivity index (χ4v) is 2.64.